The van der Waals surface area contributed by atoms with Crippen molar-refractivity contribution in [2.24, 2.45) is 0 Å². The topological polar surface area (TPSA) is 138 Å². The molecule has 0 amide bonds. The third-order valence-electron chi connectivity index (χ3n) is 2.08. The van der Waals surface area contributed by atoms with Gasteiger partial charge in [0.25, 0.3) is 0 Å². The Kier molecular flexibility index (Phi) is 17.5. The first-order chi connectivity index (χ1) is 11.4. The van der Waals surface area contributed by atoms with Crippen LogP contribution in [0, 0.1) is 0 Å². The zero-order valence-corrected chi connectivity index (χ0v) is 13.8. The van der Waals surface area contributed by atoms with Crippen LogP contribution in [0.1, 0.15) is 19.3 Å². The van der Waals surface area contributed by atoms with E-state index in [1.54, 1.807) is 7.11 Å². The molecule has 24 heavy (non-hydrogen) atoms. The molecular formula is C14H24O10. The fraction of sp³-hybridized carbons (Fsp3) is 0.643. The number of aliphatic hydroxyl groups is 1. The summed E-state index contributed by atoms with van der Waals surface area (Å²) >= 11 is 0. The van der Waals surface area contributed by atoms with Crippen molar-refractivity contribution in [2.45, 2.75) is 19.3 Å². The first kappa shape index (κ1) is 24.2. The van der Waals surface area contributed by atoms with Crippen molar-refractivity contribution >= 4 is 17.9 Å². The van der Waals surface area contributed by atoms with Crippen LogP contribution in [0.3, 0.4) is 0 Å². The summed E-state index contributed by atoms with van der Waals surface area (Å²) in [7, 11) is 3.06. The number of ether oxygens (including phenoxy) is 4. The van der Waals surface area contributed by atoms with Crippen LogP contribution in [0.4, 0.5) is 0 Å². The highest BCUT2D eigenvalue weighted by atomic mass is 17.1. The number of hydrogen-bond donors (Lipinski definition) is 2. The maximum absolute atomic E-state index is 10.8. The minimum absolute atomic E-state index is 0.0441. The van der Waals surface area contributed by atoms with Gasteiger partial charge in [-0.05, 0) is 0 Å². The summed E-state index contributed by atoms with van der Waals surface area (Å²) < 4.78 is 17.8. The molecule has 2 N–H and O–H groups in total. The van der Waals surface area contributed by atoms with Gasteiger partial charge in [-0.2, -0.15) is 0 Å². The van der Waals surface area contributed by atoms with E-state index in [-0.39, 0.29) is 38.2 Å². The second-order valence-corrected chi connectivity index (χ2v) is 4.08. The molecule has 1 fully saturated rings. The lowest BCUT2D eigenvalue weighted by Crippen LogP contribution is -2.10. The van der Waals surface area contributed by atoms with E-state index < -0.39 is 17.9 Å². The standard InChI is InChI=1S/C7H12O5.C4H4O3.C3H8O2/c1-6(12-9)5-7(8)11-4-3-10-2;5-3-1-2-4(6)7-3;1-5-3-2-4/h9H,1,3-5H2,2H3;1-2H2;4H,2-3H2,1H3. The number of rotatable bonds is 8. The molecule has 1 aliphatic rings. The first-order valence-corrected chi connectivity index (χ1v) is 6.88. The van der Waals surface area contributed by atoms with Crippen molar-refractivity contribution in [3.8, 4) is 0 Å². The Balaban J connectivity index is 0. The fourth-order valence-corrected chi connectivity index (χ4v) is 1.01. The van der Waals surface area contributed by atoms with Crippen LogP contribution in [0.25, 0.3) is 0 Å². The third-order valence-corrected chi connectivity index (χ3v) is 2.08. The minimum Gasteiger partial charge on any atom is -0.463 e. The Morgan fingerprint density at radius 2 is 1.67 bits per heavy atom. The minimum atomic E-state index is -0.508. The van der Waals surface area contributed by atoms with E-state index in [4.69, 9.17) is 10.4 Å². The molecule has 0 radical (unpaired) electrons. The molecule has 1 saturated heterocycles. The highest BCUT2D eigenvalue weighted by Gasteiger charge is 2.19. The highest BCUT2D eigenvalue weighted by molar-refractivity contribution is 5.92. The van der Waals surface area contributed by atoms with Crippen molar-refractivity contribution < 1.29 is 48.6 Å². The Morgan fingerprint density at radius 3 is 1.96 bits per heavy atom. The summed E-state index contributed by atoms with van der Waals surface area (Å²) in [6.07, 6.45) is 0.373. The fourth-order valence-electron chi connectivity index (χ4n) is 1.01. The number of carbonyl (C=O) groups is 3. The van der Waals surface area contributed by atoms with Crippen molar-refractivity contribution in [3.63, 3.8) is 0 Å². The molecule has 1 heterocycles. The Morgan fingerprint density at radius 1 is 1.12 bits per heavy atom. The zero-order chi connectivity index (χ0) is 18.8. The molecule has 0 aliphatic carbocycles. The second kappa shape index (κ2) is 17.3. The van der Waals surface area contributed by atoms with E-state index in [1.807, 2.05) is 0 Å². The van der Waals surface area contributed by atoms with Crippen LogP contribution < -0.4 is 0 Å². The van der Waals surface area contributed by atoms with Gasteiger partial charge in [-0.3, -0.25) is 14.4 Å². The normalized spacial score (nSPS) is 12.2. The van der Waals surface area contributed by atoms with Gasteiger partial charge in [0.15, 0.2) is 0 Å². The van der Waals surface area contributed by atoms with Crippen molar-refractivity contribution in [1.82, 2.24) is 0 Å². The molecule has 0 saturated carbocycles. The van der Waals surface area contributed by atoms with E-state index in [0.717, 1.165) is 0 Å². The molecule has 140 valence electrons. The molecule has 10 nitrogen and oxygen atoms in total. The molecular weight excluding hydrogens is 328 g/mol. The van der Waals surface area contributed by atoms with Crippen LogP contribution in [-0.2, 0) is 38.2 Å². The number of cyclic esters (lactones) is 2. The molecule has 0 aromatic rings. The van der Waals surface area contributed by atoms with Crippen LogP contribution in [-0.4, -0.2) is 68.9 Å². The summed E-state index contributed by atoms with van der Waals surface area (Å²) in [5.74, 6) is -1.35. The summed E-state index contributed by atoms with van der Waals surface area (Å²) in [6, 6.07) is 0. The van der Waals surface area contributed by atoms with Gasteiger partial charge in [0.1, 0.15) is 18.8 Å². The highest BCUT2D eigenvalue weighted by Crippen LogP contribution is 2.04. The summed E-state index contributed by atoms with van der Waals surface area (Å²) in [5.41, 5.74) is 0. The van der Waals surface area contributed by atoms with Gasteiger partial charge in [0, 0.05) is 14.2 Å². The molecule has 0 bridgehead atoms. The summed E-state index contributed by atoms with van der Waals surface area (Å²) in [5, 5.41) is 16.0. The van der Waals surface area contributed by atoms with E-state index >= 15 is 0 Å². The Hall–Kier alpha value is -2.01. The van der Waals surface area contributed by atoms with Crippen LogP contribution >= 0.6 is 0 Å². The molecule has 1 aliphatic heterocycles. The number of aliphatic hydroxyl groups excluding tert-OH is 1. The van der Waals surface area contributed by atoms with E-state index in [9.17, 15) is 14.4 Å². The van der Waals surface area contributed by atoms with Crippen molar-refractivity contribution in [2.75, 3.05) is 40.6 Å². The van der Waals surface area contributed by atoms with Gasteiger partial charge in [0.2, 0.25) is 0 Å². The van der Waals surface area contributed by atoms with Gasteiger partial charge >= 0.3 is 17.9 Å². The maximum Gasteiger partial charge on any atom is 0.314 e. The number of hydrogen-bond acceptors (Lipinski definition) is 10. The van der Waals surface area contributed by atoms with E-state index in [2.05, 4.69) is 30.4 Å². The molecule has 0 aromatic carbocycles. The molecule has 0 atom stereocenters. The second-order valence-electron chi connectivity index (χ2n) is 4.08. The SMILES string of the molecule is C=C(CC(=O)OCCOC)OO.COCCO.O=C1CCC(=O)O1. The first-order valence-electron chi connectivity index (χ1n) is 6.88. The smallest absolute Gasteiger partial charge is 0.314 e. The third kappa shape index (κ3) is 18.0. The monoisotopic (exact) mass is 352 g/mol. The lowest BCUT2D eigenvalue weighted by atomic mass is 10.4. The predicted octanol–water partition coefficient (Wildman–Crippen LogP) is 0.0445. The predicted molar refractivity (Wildman–Crippen MR) is 79.6 cm³/mol. The largest absolute Gasteiger partial charge is 0.463 e. The van der Waals surface area contributed by atoms with Crippen molar-refractivity contribution in [1.29, 1.82) is 0 Å². The van der Waals surface area contributed by atoms with Gasteiger partial charge in [-0.1, -0.05) is 6.58 Å². The zero-order valence-electron chi connectivity index (χ0n) is 13.8. The van der Waals surface area contributed by atoms with Gasteiger partial charge in [-0.15, -0.1) is 0 Å². The Bertz CT molecular complexity index is 364. The van der Waals surface area contributed by atoms with Crippen molar-refractivity contribution in [3.05, 3.63) is 12.3 Å². The van der Waals surface area contributed by atoms with Gasteiger partial charge < -0.3 is 28.9 Å². The lowest BCUT2D eigenvalue weighted by molar-refractivity contribution is -0.206. The average molecular weight is 352 g/mol. The van der Waals surface area contributed by atoms with E-state index in [1.165, 1.54) is 7.11 Å². The molecule has 0 spiro atoms. The lowest BCUT2D eigenvalue weighted by Gasteiger charge is -2.03. The van der Waals surface area contributed by atoms with Crippen LogP contribution in [0.5, 0.6) is 0 Å². The number of carbonyl (C=O) groups excluding carboxylic acids is 3. The molecule has 1 rings (SSSR count). The molecule has 0 unspecified atom stereocenters. The number of methoxy groups -OCH3 is 2. The van der Waals surface area contributed by atoms with Gasteiger partial charge in [0.05, 0.1) is 32.7 Å². The van der Waals surface area contributed by atoms with Crippen LogP contribution in [0.2, 0.25) is 0 Å². The van der Waals surface area contributed by atoms with Gasteiger partial charge in [-0.25, -0.2) is 5.26 Å². The molecule has 10 heteroatoms. The van der Waals surface area contributed by atoms with Crippen LogP contribution in [0.15, 0.2) is 12.3 Å². The quantitative estimate of drug-likeness (QED) is 0.154. The number of esters is 3. The average Bonchev–Trinajstić information content (AvgIpc) is 2.92. The Labute approximate surface area is 139 Å². The summed E-state index contributed by atoms with van der Waals surface area (Å²) in [4.78, 5) is 34.5. The van der Waals surface area contributed by atoms with E-state index in [0.29, 0.717) is 13.2 Å². The maximum atomic E-state index is 10.8. The molecule has 0 aromatic heterocycles. The summed E-state index contributed by atoms with van der Waals surface area (Å²) in [6.45, 7) is 4.34.